The first-order valence-electron chi connectivity index (χ1n) is 6.40. The minimum absolute atomic E-state index is 0.317. The molecule has 0 aliphatic heterocycles. The number of nitro groups is 1. The first-order chi connectivity index (χ1) is 10.9. The quantitative estimate of drug-likeness (QED) is 0.499. The number of carbonyl (C=O) groups excluding carboxylic acids is 2. The number of halogens is 2. The van der Waals surface area contributed by atoms with E-state index in [2.05, 4.69) is 5.32 Å². The van der Waals surface area contributed by atoms with Gasteiger partial charge >= 0.3 is 0 Å². The summed E-state index contributed by atoms with van der Waals surface area (Å²) in [5, 5.41) is 13.0. The van der Waals surface area contributed by atoms with Crippen LogP contribution in [0.15, 0.2) is 63.9 Å². The lowest BCUT2D eigenvalue weighted by Crippen LogP contribution is -2.20. The van der Waals surface area contributed by atoms with E-state index in [9.17, 15) is 19.7 Å². The molecule has 2 rings (SSSR count). The second kappa shape index (κ2) is 7.21. The van der Waals surface area contributed by atoms with Crippen LogP contribution < -0.4 is 5.32 Å². The van der Waals surface area contributed by atoms with Crippen molar-refractivity contribution in [2.24, 2.45) is 0 Å². The Hall–Kier alpha value is -2.44. The van der Waals surface area contributed by atoms with Crippen LogP contribution in [-0.2, 0) is 16.1 Å². The molecule has 0 spiro atoms. The Labute approximate surface area is 141 Å². The van der Waals surface area contributed by atoms with Crippen molar-refractivity contribution in [3.05, 3.63) is 79.6 Å². The second-order valence-electron chi connectivity index (χ2n) is 4.53. The molecule has 0 heterocycles. The van der Waals surface area contributed by atoms with E-state index in [0.717, 1.165) is 17.8 Å². The van der Waals surface area contributed by atoms with Gasteiger partial charge in [-0.1, -0.05) is 53.5 Å². The van der Waals surface area contributed by atoms with Crippen molar-refractivity contribution in [3.63, 3.8) is 0 Å². The van der Waals surface area contributed by atoms with Crippen LogP contribution in [0.2, 0.25) is 0 Å². The zero-order valence-electron chi connectivity index (χ0n) is 11.6. The molecule has 1 aliphatic carbocycles. The molecular formula is C15H10Cl2N2O4. The summed E-state index contributed by atoms with van der Waals surface area (Å²) in [6.45, 7) is 0.317. The van der Waals surface area contributed by atoms with E-state index in [1.54, 1.807) is 0 Å². The Balaban J connectivity index is 2.24. The number of ketones is 2. The summed E-state index contributed by atoms with van der Waals surface area (Å²) in [6.07, 6.45) is 1.88. The molecule has 1 aromatic carbocycles. The highest BCUT2D eigenvalue weighted by Crippen LogP contribution is 2.28. The van der Waals surface area contributed by atoms with Crippen molar-refractivity contribution in [2.75, 3.05) is 0 Å². The summed E-state index contributed by atoms with van der Waals surface area (Å²) in [4.78, 5) is 34.0. The van der Waals surface area contributed by atoms with Crippen molar-refractivity contribution in [1.29, 1.82) is 0 Å². The number of nitrogens with one attached hydrogen (secondary N) is 1. The molecule has 8 heteroatoms. The molecular weight excluding hydrogens is 343 g/mol. The van der Waals surface area contributed by atoms with E-state index in [1.807, 2.05) is 30.3 Å². The van der Waals surface area contributed by atoms with Crippen LogP contribution in [0, 0.1) is 10.1 Å². The van der Waals surface area contributed by atoms with Gasteiger partial charge in [-0.2, -0.15) is 0 Å². The standard InChI is InChI=1S/C15H10Cl2N2O4/c16-13-12(20)6-10(15(21)14(13)17)11(19(22)23)8-18-7-9-4-2-1-3-5-9/h1-6,8,18H,7H2. The fraction of sp³-hybridized carbons (Fsp3) is 0.0667. The zero-order valence-corrected chi connectivity index (χ0v) is 13.1. The monoisotopic (exact) mass is 352 g/mol. The second-order valence-corrected chi connectivity index (χ2v) is 5.29. The molecule has 0 amide bonds. The summed E-state index contributed by atoms with van der Waals surface area (Å²) >= 11 is 11.2. The third kappa shape index (κ3) is 3.85. The largest absolute Gasteiger partial charge is 0.381 e. The topological polar surface area (TPSA) is 89.3 Å². The van der Waals surface area contributed by atoms with Crippen LogP contribution >= 0.6 is 23.2 Å². The molecule has 0 aromatic heterocycles. The van der Waals surface area contributed by atoms with E-state index < -0.39 is 37.8 Å². The number of hydrogen-bond donors (Lipinski definition) is 1. The molecule has 6 nitrogen and oxygen atoms in total. The smallest absolute Gasteiger partial charge is 0.296 e. The molecule has 0 bridgehead atoms. The Morgan fingerprint density at radius 1 is 1.17 bits per heavy atom. The van der Waals surface area contributed by atoms with Crippen LogP contribution in [0.4, 0.5) is 0 Å². The maximum absolute atomic E-state index is 12.0. The fourth-order valence-electron chi connectivity index (χ4n) is 1.87. The number of carbonyl (C=O) groups is 2. The van der Waals surface area contributed by atoms with Crippen LogP contribution in [0.3, 0.4) is 0 Å². The Morgan fingerprint density at radius 3 is 2.43 bits per heavy atom. The maximum Gasteiger partial charge on any atom is 0.296 e. The van der Waals surface area contributed by atoms with Crippen molar-refractivity contribution >= 4 is 34.8 Å². The molecule has 0 saturated heterocycles. The summed E-state index contributed by atoms with van der Waals surface area (Å²) < 4.78 is 0. The van der Waals surface area contributed by atoms with Gasteiger partial charge in [0.15, 0.2) is 5.78 Å². The van der Waals surface area contributed by atoms with Gasteiger partial charge in [0, 0.05) is 12.6 Å². The molecule has 0 unspecified atom stereocenters. The van der Waals surface area contributed by atoms with E-state index in [1.165, 1.54) is 0 Å². The van der Waals surface area contributed by atoms with Crippen molar-refractivity contribution in [2.45, 2.75) is 6.54 Å². The van der Waals surface area contributed by atoms with E-state index in [0.29, 0.717) is 6.54 Å². The molecule has 118 valence electrons. The number of nitrogens with zero attached hydrogens (tertiary/aromatic N) is 1. The maximum atomic E-state index is 12.0. The summed E-state index contributed by atoms with van der Waals surface area (Å²) in [5.41, 5.74) is -0.0657. The average molecular weight is 353 g/mol. The van der Waals surface area contributed by atoms with Crippen molar-refractivity contribution in [1.82, 2.24) is 5.32 Å². The zero-order chi connectivity index (χ0) is 17.0. The molecule has 0 fully saturated rings. The van der Waals surface area contributed by atoms with Crippen LogP contribution in [0.25, 0.3) is 0 Å². The molecule has 1 aromatic rings. The third-order valence-corrected chi connectivity index (χ3v) is 3.82. The number of rotatable bonds is 5. The molecule has 1 aliphatic rings. The number of allylic oxidation sites excluding steroid dienone is 4. The lowest BCUT2D eigenvalue weighted by atomic mass is 10.0. The number of hydrogen-bond acceptors (Lipinski definition) is 5. The Bertz CT molecular complexity index is 767. The highest BCUT2D eigenvalue weighted by molar-refractivity contribution is 6.58. The van der Waals surface area contributed by atoms with E-state index in [-0.39, 0.29) is 0 Å². The summed E-state index contributed by atoms with van der Waals surface area (Å²) in [5.74, 6) is -1.61. The molecule has 0 saturated carbocycles. The lowest BCUT2D eigenvalue weighted by molar-refractivity contribution is -0.420. The summed E-state index contributed by atoms with van der Waals surface area (Å²) in [7, 11) is 0. The summed E-state index contributed by atoms with van der Waals surface area (Å²) in [6, 6.07) is 9.17. The Morgan fingerprint density at radius 2 is 1.83 bits per heavy atom. The van der Waals surface area contributed by atoms with Crippen LogP contribution in [-0.4, -0.2) is 16.5 Å². The first-order valence-corrected chi connectivity index (χ1v) is 7.15. The van der Waals surface area contributed by atoms with Gasteiger partial charge in [0.2, 0.25) is 5.78 Å². The van der Waals surface area contributed by atoms with Gasteiger partial charge in [-0.3, -0.25) is 19.7 Å². The van der Waals surface area contributed by atoms with E-state index >= 15 is 0 Å². The predicted octanol–water partition coefficient (Wildman–Crippen LogP) is 2.66. The number of Topliss-reactive ketones (excluding diaryl/α,β-unsaturated/α-hetero) is 1. The van der Waals surface area contributed by atoms with Crippen LogP contribution in [0.5, 0.6) is 0 Å². The minimum Gasteiger partial charge on any atom is -0.381 e. The van der Waals surface area contributed by atoms with Crippen molar-refractivity contribution < 1.29 is 14.5 Å². The molecule has 0 radical (unpaired) electrons. The lowest BCUT2D eigenvalue weighted by Gasteiger charge is -2.10. The predicted molar refractivity (Wildman–Crippen MR) is 85.2 cm³/mol. The highest BCUT2D eigenvalue weighted by Gasteiger charge is 2.33. The van der Waals surface area contributed by atoms with Crippen molar-refractivity contribution in [3.8, 4) is 0 Å². The molecule has 0 atom stereocenters. The highest BCUT2D eigenvalue weighted by atomic mass is 35.5. The van der Waals surface area contributed by atoms with Gasteiger partial charge in [-0.05, 0) is 5.56 Å². The van der Waals surface area contributed by atoms with Gasteiger partial charge in [0.05, 0.1) is 11.1 Å². The van der Waals surface area contributed by atoms with Gasteiger partial charge < -0.3 is 5.32 Å². The molecule has 1 N–H and O–H groups in total. The van der Waals surface area contributed by atoms with Gasteiger partial charge in [0.1, 0.15) is 15.6 Å². The Kier molecular flexibility index (Phi) is 5.31. The normalized spacial score (nSPS) is 15.6. The van der Waals surface area contributed by atoms with Gasteiger partial charge in [-0.15, -0.1) is 0 Å². The van der Waals surface area contributed by atoms with Crippen LogP contribution in [0.1, 0.15) is 5.56 Å². The van der Waals surface area contributed by atoms with Gasteiger partial charge in [0.25, 0.3) is 5.70 Å². The average Bonchev–Trinajstić information content (AvgIpc) is 2.54. The first kappa shape index (κ1) is 16.9. The van der Waals surface area contributed by atoms with Gasteiger partial charge in [-0.25, -0.2) is 0 Å². The SMILES string of the molecule is O=C1C=C(C(=CNCc2ccccc2)[N+](=O)[O-])C(=O)C(Cl)=C1Cl. The number of benzene rings is 1. The fourth-order valence-corrected chi connectivity index (χ4v) is 2.20. The van der Waals surface area contributed by atoms with E-state index in [4.69, 9.17) is 23.2 Å². The third-order valence-electron chi connectivity index (χ3n) is 2.99. The minimum atomic E-state index is -0.860. The molecule has 23 heavy (non-hydrogen) atoms.